The molecule has 0 radical (unpaired) electrons. The number of hydrogen-bond acceptors (Lipinski definition) is 2. The first kappa shape index (κ1) is 14.8. The van der Waals surface area contributed by atoms with E-state index in [1.165, 1.54) is 24.0 Å². The third-order valence-corrected chi connectivity index (χ3v) is 5.77. The van der Waals surface area contributed by atoms with Crippen molar-refractivity contribution in [3.05, 3.63) is 50.4 Å². The van der Waals surface area contributed by atoms with E-state index in [4.69, 9.17) is 4.42 Å². The minimum Gasteiger partial charge on any atom is -0.461 e. The van der Waals surface area contributed by atoms with Crippen molar-refractivity contribution in [2.75, 3.05) is 5.32 Å². The minimum atomic E-state index is -0.0602. The zero-order valence-electron chi connectivity index (χ0n) is 13.3. The Bertz CT molecular complexity index is 861. The van der Waals surface area contributed by atoms with Crippen LogP contribution in [0.3, 0.4) is 0 Å². The van der Waals surface area contributed by atoms with Gasteiger partial charge in [0.1, 0.15) is 11.5 Å². The molecule has 2 aromatic rings. The quantitative estimate of drug-likeness (QED) is 0.714. The number of benzene rings is 1. The third-order valence-electron chi connectivity index (χ3n) is 4.91. The molecule has 1 aromatic heterocycles. The van der Waals surface area contributed by atoms with E-state index in [9.17, 15) is 4.79 Å². The maximum atomic E-state index is 12.4. The molecule has 0 saturated heterocycles. The molecule has 1 N–H and O–H groups in total. The molecule has 4 rings (SSSR count). The highest BCUT2D eigenvalue weighted by atomic mass is 79.9. The second kappa shape index (κ2) is 5.38. The normalized spacial score (nSPS) is 18.0. The molecular weight excluding hydrogens is 354 g/mol. The number of furan rings is 1. The van der Waals surface area contributed by atoms with E-state index in [0.29, 0.717) is 5.57 Å². The Morgan fingerprint density at radius 2 is 1.96 bits per heavy atom. The molecule has 0 saturated carbocycles. The molecule has 0 bridgehead atoms. The van der Waals surface area contributed by atoms with Crippen molar-refractivity contribution in [3.63, 3.8) is 0 Å². The summed E-state index contributed by atoms with van der Waals surface area (Å²) in [5.74, 6) is 1.87. The Kier molecular flexibility index (Phi) is 3.45. The Balaban J connectivity index is 1.86. The maximum Gasteiger partial charge on any atom is 0.256 e. The second-order valence-electron chi connectivity index (χ2n) is 6.31. The van der Waals surface area contributed by atoms with Crippen molar-refractivity contribution >= 4 is 39.2 Å². The van der Waals surface area contributed by atoms with Gasteiger partial charge >= 0.3 is 0 Å². The van der Waals surface area contributed by atoms with E-state index in [0.717, 1.165) is 45.6 Å². The van der Waals surface area contributed by atoms with Crippen LogP contribution in [0, 0.1) is 13.8 Å². The van der Waals surface area contributed by atoms with E-state index < -0.39 is 0 Å². The standard InChI is InChI=1S/C19H18BrNO2/c1-10-12-5-3-4-6-16(12)23-17(10)9-13-18-11(2)14(20)7-8-15(18)21-19(13)22/h7-9H,3-6H2,1-2H3,(H,21,22). The van der Waals surface area contributed by atoms with E-state index in [1.807, 2.05) is 25.1 Å². The lowest BCUT2D eigenvalue weighted by molar-refractivity contribution is -0.110. The number of aryl methyl sites for hydroxylation is 1. The summed E-state index contributed by atoms with van der Waals surface area (Å²) in [6.07, 6.45) is 6.41. The lowest BCUT2D eigenvalue weighted by atomic mass is 9.94. The molecule has 1 aromatic carbocycles. The van der Waals surface area contributed by atoms with Gasteiger partial charge in [-0.05, 0) is 68.0 Å². The minimum absolute atomic E-state index is 0.0602. The number of halogens is 1. The van der Waals surface area contributed by atoms with Crippen molar-refractivity contribution < 1.29 is 9.21 Å². The van der Waals surface area contributed by atoms with Crippen LogP contribution in [0.4, 0.5) is 5.69 Å². The molecule has 1 amide bonds. The Morgan fingerprint density at radius 3 is 2.74 bits per heavy atom. The molecule has 0 fully saturated rings. The summed E-state index contributed by atoms with van der Waals surface area (Å²) < 4.78 is 7.07. The van der Waals surface area contributed by atoms with Crippen LogP contribution >= 0.6 is 15.9 Å². The van der Waals surface area contributed by atoms with Crippen LogP contribution < -0.4 is 5.32 Å². The zero-order valence-corrected chi connectivity index (χ0v) is 14.8. The molecule has 0 atom stereocenters. The smallest absolute Gasteiger partial charge is 0.256 e. The van der Waals surface area contributed by atoms with Gasteiger partial charge in [-0.25, -0.2) is 0 Å². The van der Waals surface area contributed by atoms with Crippen LogP contribution in [0.25, 0.3) is 11.6 Å². The Morgan fingerprint density at radius 1 is 1.17 bits per heavy atom. The largest absolute Gasteiger partial charge is 0.461 e. The lowest BCUT2D eigenvalue weighted by Crippen LogP contribution is -2.03. The summed E-state index contributed by atoms with van der Waals surface area (Å²) in [7, 11) is 0. The van der Waals surface area contributed by atoms with Gasteiger partial charge in [-0.3, -0.25) is 4.79 Å². The van der Waals surface area contributed by atoms with Gasteiger partial charge in [0.2, 0.25) is 0 Å². The van der Waals surface area contributed by atoms with Crippen molar-refractivity contribution in [1.82, 2.24) is 0 Å². The van der Waals surface area contributed by atoms with Crippen LogP contribution in [0.5, 0.6) is 0 Å². The van der Waals surface area contributed by atoms with Gasteiger partial charge in [0.15, 0.2) is 0 Å². The summed E-state index contributed by atoms with van der Waals surface area (Å²) in [6, 6.07) is 3.90. The van der Waals surface area contributed by atoms with E-state index in [-0.39, 0.29) is 5.91 Å². The van der Waals surface area contributed by atoms with Crippen LogP contribution in [-0.2, 0) is 17.6 Å². The molecule has 3 nitrogen and oxygen atoms in total. The molecule has 118 valence electrons. The van der Waals surface area contributed by atoms with Crippen LogP contribution in [-0.4, -0.2) is 5.91 Å². The first-order chi connectivity index (χ1) is 11.1. The molecule has 23 heavy (non-hydrogen) atoms. The highest BCUT2D eigenvalue weighted by molar-refractivity contribution is 9.10. The number of nitrogens with one attached hydrogen (secondary N) is 1. The predicted octanol–water partition coefficient (Wildman–Crippen LogP) is 5.03. The van der Waals surface area contributed by atoms with Gasteiger partial charge in [0.05, 0.1) is 5.57 Å². The number of rotatable bonds is 1. The summed E-state index contributed by atoms with van der Waals surface area (Å²) in [4.78, 5) is 12.4. The average Bonchev–Trinajstić information content (AvgIpc) is 3.03. The van der Waals surface area contributed by atoms with Crippen molar-refractivity contribution in [2.45, 2.75) is 39.5 Å². The summed E-state index contributed by atoms with van der Waals surface area (Å²) >= 11 is 3.55. The van der Waals surface area contributed by atoms with Crippen molar-refractivity contribution in [2.24, 2.45) is 0 Å². The first-order valence-corrected chi connectivity index (χ1v) is 8.79. The van der Waals surface area contributed by atoms with Crippen molar-refractivity contribution in [1.29, 1.82) is 0 Å². The van der Waals surface area contributed by atoms with Gasteiger partial charge in [-0.2, -0.15) is 0 Å². The van der Waals surface area contributed by atoms with E-state index in [1.54, 1.807) is 0 Å². The first-order valence-electron chi connectivity index (χ1n) is 8.00. The predicted molar refractivity (Wildman–Crippen MR) is 95.5 cm³/mol. The van der Waals surface area contributed by atoms with E-state index >= 15 is 0 Å². The summed E-state index contributed by atoms with van der Waals surface area (Å²) in [6.45, 7) is 4.12. The van der Waals surface area contributed by atoms with Crippen molar-refractivity contribution in [3.8, 4) is 0 Å². The number of carbonyl (C=O) groups excluding carboxylic acids is 1. The fourth-order valence-corrected chi connectivity index (χ4v) is 3.92. The number of anilines is 1. The van der Waals surface area contributed by atoms with Gasteiger partial charge in [-0.1, -0.05) is 15.9 Å². The summed E-state index contributed by atoms with van der Waals surface area (Å²) in [5, 5.41) is 2.95. The monoisotopic (exact) mass is 371 g/mol. The molecule has 1 aliphatic carbocycles. The maximum absolute atomic E-state index is 12.4. The fourth-order valence-electron chi connectivity index (χ4n) is 3.59. The fraction of sp³-hybridized carbons (Fsp3) is 0.316. The third kappa shape index (κ3) is 2.27. The number of carbonyl (C=O) groups is 1. The lowest BCUT2D eigenvalue weighted by Gasteiger charge is -2.08. The topological polar surface area (TPSA) is 42.2 Å². The number of hydrogen-bond donors (Lipinski definition) is 1. The molecule has 2 aliphatic rings. The highest BCUT2D eigenvalue weighted by Gasteiger charge is 2.28. The molecule has 1 aliphatic heterocycles. The Labute approximate surface area is 143 Å². The van der Waals surface area contributed by atoms with Gasteiger partial charge in [0, 0.05) is 22.1 Å². The average molecular weight is 372 g/mol. The number of fused-ring (bicyclic) bond motifs is 2. The molecule has 0 spiro atoms. The van der Waals surface area contributed by atoms with Gasteiger partial charge in [-0.15, -0.1) is 0 Å². The molecular formula is C19H18BrNO2. The highest BCUT2D eigenvalue weighted by Crippen LogP contribution is 2.40. The Hall–Kier alpha value is -1.81. The van der Waals surface area contributed by atoms with Gasteiger partial charge < -0.3 is 9.73 Å². The van der Waals surface area contributed by atoms with Gasteiger partial charge in [0.25, 0.3) is 5.91 Å². The second-order valence-corrected chi connectivity index (χ2v) is 7.16. The SMILES string of the molecule is Cc1c(C=C2C(=O)Nc3ccc(Br)c(C)c32)oc2c1CCCC2. The zero-order chi connectivity index (χ0) is 16.1. The van der Waals surface area contributed by atoms with Crippen LogP contribution in [0.2, 0.25) is 0 Å². The molecule has 0 unspecified atom stereocenters. The molecule has 2 heterocycles. The summed E-state index contributed by atoms with van der Waals surface area (Å²) in [5.41, 5.74) is 6.12. The van der Waals surface area contributed by atoms with Crippen LogP contribution in [0.1, 0.15) is 46.6 Å². The van der Waals surface area contributed by atoms with E-state index in [2.05, 4.69) is 28.2 Å². The van der Waals surface area contributed by atoms with Crippen LogP contribution in [0.15, 0.2) is 21.0 Å². The molecule has 4 heteroatoms. The number of amides is 1.